The summed E-state index contributed by atoms with van der Waals surface area (Å²) in [5, 5.41) is 15.5. The number of carbonyl (C=O) groups is 3. The standard InChI is InChI=1S/C17H18ClN3O4S/c1-10(2)21(16(25)11-3-5-12(18)6-4-11)8-14(22)20-17-19-13(9-26-17)7-15(23)24/h3-6,9-10H,7-8H2,1-2H3,(H,23,24)(H,19,20,22)/p-1. The van der Waals surface area contributed by atoms with E-state index in [1.54, 1.807) is 24.3 Å². The average Bonchev–Trinajstić information content (AvgIpc) is 2.98. The number of benzene rings is 1. The number of carboxylic acid groups (broad SMARTS) is 1. The normalized spacial score (nSPS) is 10.6. The van der Waals surface area contributed by atoms with Gasteiger partial charge in [0.25, 0.3) is 5.91 Å². The van der Waals surface area contributed by atoms with Crippen LogP contribution in [-0.2, 0) is 16.0 Å². The maximum absolute atomic E-state index is 12.6. The minimum atomic E-state index is -1.24. The fourth-order valence-corrected chi connectivity index (χ4v) is 3.01. The molecule has 0 aliphatic rings. The molecular weight excluding hydrogens is 378 g/mol. The Balaban J connectivity index is 2.03. The number of carboxylic acids is 1. The van der Waals surface area contributed by atoms with Crippen LogP contribution in [0.5, 0.6) is 0 Å². The zero-order valence-corrected chi connectivity index (χ0v) is 15.8. The summed E-state index contributed by atoms with van der Waals surface area (Å²) in [7, 11) is 0. The predicted molar refractivity (Wildman–Crippen MR) is 97.1 cm³/mol. The molecule has 0 bridgehead atoms. The molecule has 2 rings (SSSR count). The maximum atomic E-state index is 12.6. The van der Waals surface area contributed by atoms with E-state index in [-0.39, 0.29) is 30.0 Å². The van der Waals surface area contributed by atoms with Gasteiger partial charge in [-0.2, -0.15) is 0 Å². The molecule has 9 heteroatoms. The van der Waals surface area contributed by atoms with Gasteiger partial charge in [-0.05, 0) is 38.1 Å². The molecule has 1 aromatic carbocycles. The molecule has 2 amide bonds. The molecule has 0 unspecified atom stereocenters. The van der Waals surface area contributed by atoms with Gasteiger partial charge in [-0.25, -0.2) is 4.98 Å². The third-order valence-corrected chi connectivity index (χ3v) is 4.47. The summed E-state index contributed by atoms with van der Waals surface area (Å²) in [4.78, 5) is 40.9. The van der Waals surface area contributed by atoms with Crippen molar-refractivity contribution in [1.82, 2.24) is 9.88 Å². The van der Waals surface area contributed by atoms with E-state index in [4.69, 9.17) is 11.6 Å². The Hall–Kier alpha value is -2.45. The van der Waals surface area contributed by atoms with Crippen molar-refractivity contribution in [2.75, 3.05) is 11.9 Å². The maximum Gasteiger partial charge on any atom is 0.254 e. The predicted octanol–water partition coefficient (Wildman–Crippen LogP) is 1.58. The highest BCUT2D eigenvalue weighted by Gasteiger charge is 2.22. The Morgan fingerprint density at radius 3 is 2.50 bits per heavy atom. The minimum Gasteiger partial charge on any atom is -0.550 e. The number of thiazole rings is 1. The molecule has 0 aliphatic carbocycles. The second-order valence-electron chi connectivity index (χ2n) is 5.77. The van der Waals surface area contributed by atoms with Crippen molar-refractivity contribution >= 4 is 45.9 Å². The van der Waals surface area contributed by atoms with Crippen LogP contribution in [0.1, 0.15) is 29.9 Å². The lowest BCUT2D eigenvalue weighted by atomic mass is 10.1. The number of hydrogen-bond acceptors (Lipinski definition) is 6. The summed E-state index contributed by atoms with van der Waals surface area (Å²) in [5.41, 5.74) is 0.740. The quantitative estimate of drug-likeness (QED) is 0.768. The van der Waals surface area contributed by atoms with Crippen molar-refractivity contribution in [3.05, 3.63) is 45.9 Å². The SMILES string of the molecule is CC(C)N(CC(=O)Nc1nc(CC(=O)[O-])cs1)C(=O)c1ccc(Cl)cc1. The molecule has 1 N–H and O–H groups in total. The zero-order valence-electron chi connectivity index (χ0n) is 14.2. The Kier molecular flexibility index (Phi) is 6.70. The van der Waals surface area contributed by atoms with E-state index in [0.717, 1.165) is 11.3 Å². The molecule has 26 heavy (non-hydrogen) atoms. The third-order valence-electron chi connectivity index (χ3n) is 3.41. The molecule has 0 fully saturated rings. The van der Waals surface area contributed by atoms with Crippen LogP contribution in [0.2, 0.25) is 5.02 Å². The number of nitrogens with one attached hydrogen (secondary N) is 1. The fraction of sp³-hybridized carbons (Fsp3) is 0.294. The first-order valence-electron chi connectivity index (χ1n) is 7.77. The van der Waals surface area contributed by atoms with Crippen molar-refractivity contribution < 1.29 is 19.5 Å². The Labute approximate surface area is 159 Å². The van der Waals surface area contributed by atoms with Crippen molar-refractivity contribution in [2.45, 2.75) is 26.3 Å². The lowest BCUT2D eigenvalue weighted by molar-refractivity contribution is -0.304. The summed E-state index contributed by atoms with van der Waals surface area (Å²) in [6.45, 7) is 3.46. The molecule has 2 aromatic rings. The van der Waals surface area contributed by atoms with Crippen LogP contribution < -0.4 is 10.4 Å². The van der Waals surface area contributed by atoms with Gasteiger partial charge in [-0.1, -0.05) is 11.6 Å². The number of hydrogen-bond donors (Lipinski definition) is 1. The molecule has 1 aromatic heterocycles. The number of aliphatic carboxylic acids is 1. The number of aromatic nitrogens is 1. The summed E-state index contributed by atoms with van der Waals surface area (Å²) in [5.74, 6) is -1.95. The van der Waals surface area contributed by atoms with Crippen LogP contribution >= 0.6 is 22.9 Å². The van der Waals surface area contributed by atoms with Crippen molar-refractivity contribution in [2.24, 2.45) is 0 Å². The Morgan fingerprint density at radius 1 is 1.27 bits per heavy atom. The van der Waals surface area contributed by atoms with Gasteiger partial charge in [-0.3, -0.25) is 9.59 Å². The molecule has 0 radical (unpaired) electrons. The highest BCUT2D eigenvalue weighted by atomic mass is 35.5. The third kappa shape index (κ3) is 5.53. The van der Waals surface area contributed by atoms with Crippen LogP contribution in [0.3, 0.4) is 0 Å². The van der Waals surface area contributed by atoms with Crippen LogP contribution in [0, 0.1) is 0 Å². The molecule has 7 nitrogen and oxygen atoms in total. The van der Waals surface area contributed by atoms with Crippen LogP contribution in [0.4, 0.5) is 5.13 Å². The highest BCUT2D eigenvalue weighted by Crippen LogP contribution is 2.17. The summed E-state index contributed by atoms with van der Waals surface area (Å²) in [6.07, 6.45) is -0.320. The summed E-state index contributed by atoms with van der Waals surface area (Å²) < 4.78 is 0. The van der Waals surface area contributed by atoms with Gasteiger partial charge in [0.1, 0.15) is 6.54 Å². The minimum absolute atomic E-state index is 0.158. The second-order valence-corrected chi connectivity index (χ2v) is 7.07. The van der Waals surface area contributed by atoms with Gasteiger partial charge in [0.05, 0.1) is 5.69 Å². The number of carbonyl (C=O) groups excluding carboxylic acids is 3. The van der Waals surface area contributed by atoms with Gasteiger partial charge >= 0.3 is 0 Å². The number of anilines is 1. The van der Waals surface area contributed by atoms with Crippen molar-refractivity contribution in [3.8, 4) is 0 Å². The van der Waals surface area contributed by atoms with E-state index in [0.29, 0.717) is 16.3 Å². The van der Waals surface area contributed by atoms with Crippen LogP contribution in [0.15, 0.2) is 29.6 Å². The molecule has 138 valence electrons. The molecule has 1 heterocycles. The molecular formula is C17H17ClN3O4S-. The van der Waals surface area contributed by atoms with E-state index in [1.165, 1.54) is 10.3 Å². The van der Waals surface area contributed by atoms with E-state index >= 15 is 0 Å². The number of rotatable bonds is 7. The van der Waals surface area contributed by atoms with Gasteiger partial charge in [0.15, 0.2) is 5.13 Å². The average molecular weight is 395 g/mol. The molecule has 0 saturated heterocycles. The monoisotopic (exact) mass is 394 g/mol. The smallest absolute Gasteiger partial charge is 0.254 e. The van der Waals surface area contributed by atoms with E-state index in [1.807, 2.05) is 13.8 Å². The second kappa shape index (κ2) is 8.77. The molecule has 0 atom stereocenters. The first-order chi connectivity index (χ1) is 12.3. The van der Waals surface area contributed by atoms with Gasteiger partial charge in [0.2, 0.25) is 5.91 Å². The largest absolute Gasteiger partial charge is 0.550 e. The van der Waals surface area contributed by atoms with Gasteiger partial charge in [0, 0.05) is 34.4 Å². The van der Waals surface area contributed by atoms with E-state index < -0.39 is 11.9 Å². The lowest BCUT2D eigenvalue weighted by Crippen LogP contribution is -2.42. The Bertz CT molecular complexity index is 805. The van der Waals surface area contributed by atoms with Crippen molar-refractivity contribution in [3.63, 3.8) is 0 Å². The first-order valence-corrected chi connectivity index (χ1v) is 9.02. The molecule has 0 spiro atoms. The van der Waals surface area contributed by atoms with Crippen LogP contribution in [0.25, 0.3) is 0 Å². The van der Waals surface area contributed by atoms with Gasteiger partial charge < -0.3 is 20.1 Å². The topological polar surface area (TPSA) is 102 Å². The molecule has 0 aliphatic heterocycles. The number of amides is 2. The first kappa shape index (κ1) is 19.9. The lowest BCUT2D eigenvalue weighted by Gasteiger charge is -2.26. The van der Waals surface area contributed by atoms with E-state index in [2.05, 4.69) is 10.3 Å². The number of nitrogens with zero attached hydrogens (tertiary/aromatic N) is 2. The summed E-state index contributed by atoms with van der Waals surface area (Å²) >= 11 is 6.94. The molecule has 0 saturated carbocycles. The number of halogens is 1. The highest BCUT2D eigenvalue weighted by molar-refractivity contribution is 7.13. The fourth-order valence-electron chi connectivity index (χ4n) is 2.15. The Morgan fingerprint density at radius 2 is 1.92 bits per heavy atom. The van der Waals surface area contributed by atoms with E-state index in [9.17, 15) is 19.5 Å². The summed E-state index contributed by atoms with van der Waals surface area (Å²) in [6, 6.07) is 6.23. The zero-order chi connectivity index (χ0) is 19.3. The van der Waals surface area contributed by atoms with Crippen LogP contribution in [-0.4, -0.2) is 40.3 Å². The van der Waals surface area contributed by atoms with Crippen molar-refractivity contribution in [1.29, 1.82) is 0 Å². The van der Waals surface area contributed by atoms with Gasteiger partial charge in [-0.15, -0.1) is 11.3 Å².